The van der Waals surface area contributed by atoms with Gasteiger partial charge in [-0.25, -0.2) is 0 Å². The van der Waals surface area contributed by atoms with Gasteiger partial charge >= 0.3 is 0 Å². The Hall–Kier alpha value is -2.55. The van der Waals surface area contributed by atoms with Gasteiger partial charge in [0.1, 0.15) is 17.1 Å². The van der Waals surface area contributed by atoms with Gasteiger partial charge in [0.15, 0.2) is 0 Å². The molecule has 0 saturated heterocycles. The van der Waals surface area contributed by atoms with Gasteiger partial charge in [0.25, 0.3) is 0 Å². The SMILES string of the molecule is COc1ccc2oc3c(c2c1)CCN=C(C)C(c1ccccc1)CCC3C. The minimum Gasteiger partial charge on any atom is -0.497 e. The van der Waals surface area contributed by atoms with Crippen LogP contribution in [-0.2, 0) is 6.42 Å². The summed E-state index contributed by atoms with van der Waals surface area (Å²) in [5.74, 6) is 2.77. The number of hydrogen-bond donors (Lipinski definition) is 0. The Bertz CT molecular complexity index is 955. The summed E-state index contributed by atoms with van der Waals surface area (Å²) in [5, 5.41) is 1.17. The molecule has 0 radical (unpaired) electrons. The molecule has 2 atom stereocenters. The molecule has 27 heavy (non-hydrogen) atoms. The monoisotopic (exact) mass is 361 g/mol. The summed E-state index contributed by atoms with van der Waals surface area (Å²) in [6, 6.07) is 16.8. The number of methoxy groups -OCH3 is 1. The predicted molar refractivity (Wildman–Crippen MR) is 111 cm³/mol. The highest BCUT2D eigenvalue weighted by atomic mass is 16.5. The molecule has 0 saturated carbocycles. The largest absolute Gasteiger partial charge is 0.497 e. The van der Waals surface area contributed by atoms with Crippen molar-refractivity contribution in [1.82, 2.24) is 0 Å². The molecule has 140 valence electrons. The molecular formula is C24H27NO2. The number of fused-ring (bicyclic) bond motifs is 3. The first-order valence-corrected chi connectivity index (χ1v) is 9.82. The van der Waals surface area contributed by atoms with Crippen LogP contribution in [0.2, 0.25) is 0 Å². The van der Waals surface area contributed by atoms with Crippen LogP contribution in [0.4, 0.5) is 0 Å². The molecule has 2 aromatic carbocycles. The fraction of sp³-hybridized carbons (Fsp3) is 0.375. The highest BCUT2D eigenvalue weighted by molar-refractivity contribution is 5.89. The van der Waals surface area contributed by atoms with E-state index in [1.165, 1.54) is 22.2 Å². The lowest BCUT2D eigenvalue weighted by Gasteiger charge is -2.21. The van der Waals surface area contributed by atoms with E-state index in [0.717, 1.165) is 42.9 Å². The van der Waals surface area contributed by atoms with Crippen LogP contribution < -0.4 is 4.74 Å². The second kappa shape index (κ2) is 7.59. The zero-order valence-electron chi connectivity index (χ0n) is 16.4. The van der Waals surface area contributed by atoms with Crippen LogP contribution in [0.25, 0.3) is 11.0 Å². The molecule has 0 fully saturated rings. The van der Waals surface area contributed by atoms with Crippen molar-refractivity contribution < 1.29 is 9.15 Å². The Labute approximate surface area is 161 Å². The topological polar surface area (TPSA) is 34.7 Å². The van der Waals surface area contributed by atoms with Crippen molar-refractivity contribution >= 4 is 16.7 Å². The molecule has 1 aliphatic heterocycles. The first-order valence-electron chi connectivity index (χ1n) is 9.82. The maximum absolute atomic E-state index is 6.30. The van der Waals surface area contributed by atoms with Crippen molar-refractivity contribution in [2.75, 3.05) is 13.7 Å². The standard InChI is InChI=1S/C24H27NO2/c1-16-9-11-20(18-7-5-4-6-8-18)17(2)25-14-13-21-22-15-19(26-3)10-12-23(22)27-24(16)21/h4-8,10,12,15-16,20H,9,11,13-14H2,1-3H3. The van der Waals surface area contributed by atoms with E-state index in [-0.39, 0.29) is 0 Å². The third kappa shape index (κ3) is 3.51. The van der Waals surface area contributed by atoms with Crippen LogP contribution in [-0.4, -0.2) is 19.4 Å². The summed E-state index contributed by atoms with van der Waals surface area (Å²) < 4.78 is 11.7. The summed E-state index contributed by atoms with van der Waals surface area (Å²) in [6.45, 7) is 5.26. The number of benzene rings is 2. The van der Waals surface area contributed by atoms with Crippen LogP contribution in [0.3, 0.4) is 0 Å². The lowest BCUT2D eigenvalue weighted by atomic mass is 9.85. The molecule has 0 spiro atoms. The van der Waals surface area contributed by atoms with Crippen molar-refractivity contribution in [1.29, 1.82) is 0 Å². The van der Waals surface area contributed by atoms with Gasteiger partial charge in [-0.05, 0) is 49.9 Å². The van der Waals surface area contributed by atoms with Gasteiger partial charge in [0, 0.05) is 35.0 Å². The van der Waals surface area contributed by atoms with Crippen molar-refractivity contribution in [2.45, 2.75) is 44.9 Å². The Balaban J connectivity index is 1.71. The molecule has 3 heteroatoms. The van der Waals surface area contributed by atoms with Crippen LogP contribution in [0.15, 0.2) is 57.9 Å². The number of nitrogens with zero attached hydrogens (tertiary/aromatic N) is 1. The number of aliphatic imine (C=N–C) groups is 1. The molecule has 3 aromatic rings. The molecule has 0 aliphatic carbocycles. The van der Waals surface area contributed by atoms with E-state index >= 15 is 0 Å². The fourth-order valence-electron chi connectivity index (χ4n) is 4.23. The molecule has 3 nitrogen and oxygen atoms in total. The number of rotatable bonds is 2. The van der Waals surface area contributed by atoms with Crippen molar-refractivity contribution in [3.8, 4) is 5.75 Å². The molecule has 0 amide bonds. The Kier molecular flexibility index (Phi) is 5.02. The maximum Gasteiger partial charge on any atom is 0.134 e. The van der Waals surface area contributed by atoms with E-state index in [2.05, 4.69) is 50.2 Å². The minimum atomic E-state index is 0.385. The molecule has 0 bridgehead atoms. The van der Waals surface area contributed by atoms with Crippen LogP contribution in [0, 0.1) is 0 Å². The first kappa shape index (κ1) is 17.8. The minimum absolute atomic E-state index is 0.385. The lowest BCUT2D eigenvalue weighted by Crippen LogP contribution is -2.13. The van der Waals surface area contributed by atoms with E-state index in [1.807, 2.05) is 12.1 Å². The van der Waals surface area contributed by atoms with E-state index in [1.54, 1.807) is 7.11 Å². The first-order chi connectivity index (χ1) is 13.2. The summed E-state index contributed by atoms with van der Waals surface area (Å²) >= 11 is 0. The van der Waals surface area contributed by atoms with Crippen molar-refractivity contribution in [3.05, 3.63) is 65.4 Å². The van der Waals surface area contributed by atoms with Gasteiger partial charge in [0.2, 0.25) is 0 Å². The smallest absolute Gasteiger partial charge is 0.134 e. The molecule has 0 N–H and O–H groups in total. The average Bonchev–Trinajstić information content (AvgIpc) is 3.06. The average molecular weight is 361 g/mol. The van der Waals surface area contributed by atoms with Crippen molar-refractivity contribution in [2.24, 2.45) is 4.99 Å². The van der Waals surface area contributed by atoms with Crippen LogP contribution in [0.5, 0.6) is 5.75 Å². The van der Waals surface area contributed by atoms with Gasteiger partial charge in [-0.1, -0.05) is 37.3 Å². The molecule has 4 rings (SSSR count). The highest BCUT2D eigenvalue weighted by Crippen LogP contribution is 2.37. The fourth-order valence-corrected chi connectivity index (χ4v) is 4.23. The zero-order chi connectivity index (χ0) is 18.8. The zero-order valence-corrected chi connectivity index (χ0v) is 16.4. The normalized spacial score (nSPS) is 20.8. The Morgan fingerprint density at radius 2 is 1.89 bits per heavy atom. The summed E-state index contributed by atoms with van der Waals surface area (Å²) in [5.41, 5.74) is 4.85. The maximum atomic E-state index is 6.30. The van der Waals surface area contributed by atoms with Crippen molar-refractivity contribution in [3.63, 3.8) is 0 Å². The summed E-state index contributed by atoms with van der Waals surface area (Å²) in [4.78, 5) is 4.94. The van der Waals surface area contributed by atoms with E-state index < -0.39 is 0 Å². The molecule has 1 aliphatic rings. The Morgan fingerprint density at radius 3 is 2.67 bits per heavy atom. The molecule has 2 heterocycles. The number of furan rings is 1. The number of hydrogen-bond acceptors (Lipinski definition) is 3. The van der Waals surface area contributed by atoms with Gasteiger partial charge < -0.3 is 9.15 Å². The van der Waals surface area contributed by atoms with E-state index in [9.17, 15) is 0 Å². The van der Waals surface area contributed by atoms with Gasteiger partial charge in [-0.3, -0.25) is 4.99 Å². The lowest BCUT2D eigenvalue weighted by molar-refractivity contribution is 0.415. The summed E-state index contributed by atoms with van der Waals surface area (Å²) in [7, 11) is 1.71. The second-order valence-electron chi connectivity index (χ2n) is 7.52. The van der Waals surface area contributed by atoms with Gasteiger partial charge in [-0.2, -0.15) is 0 Å². The second-order valence-corrected chi connectivity index (χ2v) is 7.52. The molecular weight excluding hydrogens is 334 g/mol. The highest BCUT2D eigenvalue weighted by Gasteiger charge is 2.23. The summed E-state index contributed by atoms with van der Waals surface area (Å²) in [6.07, 6.45) is 3.06. The predicted octanol–water partition coefficient (Wildman–Crippen LogP) is 6.13. The van der Waals surface area contributed by atoms with Gasteiger partial charge in [0.05, 0.1) is 7.11 Å². The third-order valence-electron chi connectivity index (χ3n) is 5.79. The quantitative estimate of drug-likeness (QED) is 0.550. The third-order valence-corrected chi connectivity index (χ3v) is 5.79. The number of ether oxygens (including phenoxy) is 1. The molecule has 2 unspecified atom stereocenters. The van der Waals surface area contributed by atoms with Crippen LogP contribution >= 0.6 is 0 Å². The van der Waals surface area contributed by atoms with E-state index in [0.29, 0.717) is 11.8 Å². The Morgan fingerprint density at radius 1 is 1.07 bits per heavy atom. The van der Waals surface area contributed by atoms with Crippen LogP contribution in [0.1, 0.15) is 55.4 Å². The van der Waals surface area contributed by atoms with Gasteiger partial charge in [-0.15, -0.1) is 0 Å². The van der Waals surface area contributed by atoms with E-state index in [4.69, 9.17) is 14.1 Å². The molecule has 1 aromatic heterocycles.